The van der Waals surface area contributed by atoms with Crippen molar-refractivity contribution in [3.63, 3.8) is 0 Å². The van der Waals surface area contributed by atoms with Crippen LogP contribution in [0.25, 0.3) is 10.9 Å². The fourth-order valence-electron chi connectivity index (χ4n) is 2.37. The summed E-state index contributed by atoms with van der Waals surface area (Å²) in [7, 11) is 0. The van der Waals surface area contributed by atoms with Gasteiger partial charge in [-0.3, -0.25) is 4.98 Å². The SMILES string of the molecule is CCN(Cc1ccncc1)c1ccc2cc(N)ccc2n1. The molecule has 0 saturated carbocycles. The molecule has 0 amide bonds. The van der Waals surface area contributed by atoms with Crippen molar-refractivity contribution in [2.45, 2.75) is 13.5 Å². The Hall–Kier alpha value is -2.62. The summed E-state index contributed by atoms with van der Waals surface area (Å²) in [6.07, 6.45) is 3.64. The zero-order valence-corrected chi connectivity index (χ0v) is 12.0. The molecular formula is C17H18N4. The lowest BCUT2D eigenvalue weighted by Gasteiger charge is -2.22. The van der Waals surface area contributed by atoms with Crippen LogP contribution in [0.3, 0.4) is 0 Å². The van der Waals surface area contributed by atoms with Crippen LogP contribution in [-0.4, -0.2) is 16.5 Å². The highest BCUT2D eigenvalue weighted by atomic mass is 15.2. The second-order valence-electron chi connectivity index (χ2n) is 4.99. The van der Waals surface area contributed by atoms with Crippen molar-refractivity contribution in [3.8, 4) is 0 Å². The van der Waals surface area contributed by atoms with E-state index in [-0.39, 0.29) is 0 Å². The van der Waals surface area contributed by atoms with Crippen molar-refractivity contribution in [2.75, 3.05) is 17.2 Å². The Kier molecular flexibility index (Phi) is 3.69. The Morgan fingerprint density at radius 2 is 1.86 bits per heavy atom. The molecule has 0 radical (unpaired) electrons. The third-order valence-electron chi connectivity index (χ3n) is 3.53. The van der Waals surface area contributed by atoms with Gasteiger partial charge in [0, 0.05) is 36.6 Å². The highest BCUT2D eigenvalue weighted by Gasteiger charge is 2.07. The molecule has 106 valence electrons. The first-order chi connectivity index (χ1) is 10.3. The summed E-state index contributed by atoms with van der Waals surface area (Å²) in [4.78, 5) is 11.0. The summed E-state index contributed by atoms with van der Waals surface area (Å²) >= 11 is 0. The maximum atomic E-state index is 5.81. The van der Waals surface area contributed by atoms with E-state index in [1.165, 1.54) is 5.56 Å². The fourth-order valence-corrected chi connectivity index (χ4v) is 2.37. The van der Waals surface area contributed by atoms with E-state index in [1.54, 1.807) is 0 Å². The number of hydrogen-bond donors (Lipinski definition) is 1. The molecule has 2 aromatic heterocycles. The van der Waals surface area contributed by atoms with Crippen LogP contribution < -0.4 is 10.6 Å². The highest BCUT2D eigenvalue weighted by Crippen LogP contribution is 2.21. The van der Waals surface area contributed by atoms with E-state index in [0.717, 1.165) is 35.5 Å². The summed E-state index contributed by atoms with van der Waals surface area (Å²) in [5.41, 5.74) is 8.77. The van der Waals surface area contributed by atoms with Gasteiger partial charge in [0.1, 0.15) is 5.82 Å². The monoisotopic (exact) mass is 278 g/mol. The van der Waals surface area contributed by atoms with Crippen molar-refractivity contribution < 1.29 is 0 Å². The van der Waals surface area contributed by atoms with Crippen LogP contribution in [-0.2, 0) is 6.54 Å². The Morgan fingerprint density at radius 1 is 1.05 bits per heavy atom. The number of benzene rings is 1. The number of hydrogen-bond acceptors (Lipinski definition) is 4. The first-order valence-corrected chi connectivity index (χ1v) is 7.06. The van der Waals surface area contributed by atoms with Gasteiger partial charge in [0.15, 0.2) is 0 Å². The van der Waals surface area contributed by atoms with Gasteiger partial charge in [0.25, 0.3) is 0 Å². The van der Waals surface area contributed by atoms with Gasteiger partial charge in [0.2, 0.25) is 0 Å². The molecule has 0 atom stereocenters. The molecule has 0 saturated heterocycles. The molecule has 4 nitrogen and oxygen atoms in total. The fraction of sp³-hybridized carbons (Fsp3) is 0.176. The van der Waals surface area contributed by atoms with Gasteiger partial charge in [-0.05, 0) is 55.0 Å². The van der Waals surface area contributed by atoms with Crippen molar-refractivity contribution in [3.05, 3.63) is 60.4 Å². The quantitative estimate of drug-likeness (QED) is 0.744. The van der Waals surface area contributed by atoms with Gasteiger partial charge in [-0.1, -0.05) is 0 Å². The summed E-state index contributed by atoms with van der Waals surface area (Å²) in [6.45, 7) is 3.86. The number of anilines is 2. The van der Waals surface area contributed by atoms with E-state index in [4.69, 9.17) is 10.7 Å². The van der Waals surface area contributed by atoms with Gasteiger partial charge in [-0.2, -0.15) is 0 Å². The number of aromatic nitrogens is 2. The first-order valence-electron chi connectivity index (χ1n) is 7.06. The molecule has 3 rings (SSSR count). The van der Waals surface area contributed by atoms with Gasteiger partial charge in [-0.15, -0.1) is 0 Å². The molecule has 21 heavy (non-hydrogen) atoms. The van der Waals surface area contributed by atoms with Crippen molar-refractivity contribution in [2.24, 2.45) is 0 Å². The second-order valence-corrected chi connectivity index (χ2v) is 4.99. The molecule has 3 aromatic rings. The van der Waals surface area contributed by atoms with Crippen molar-refractivity contribution >= 4 is 22.4 Å². The first kappa shape index (κ1) is 13.4. The average molecular weight is 278 g/mol. The Bertz CT molecular complexity index is 740. The summed E-state index contributed by atoms with van der Waals surface area (Å²) in [5, 5.41) is 1.07. The van der Waals surface area contributed by atoms with Crippen LogP contribution in [0.4, 0.5) is 11.5 Å². The molecule has 1 aromatic carbocycles. The van der Waals surface area contributed by atoms with E-state index in [1.807, 2.05) is 48.8 Å². The molecule has 0 aliphatic heterocycles. The standard InChI is InChI=1S/C17H18N4/c1-2-21(12-13-7-9-19-10-8-13)17-6-3-14-11-15(18)4-5-16(14)20-17/h3-11H,2,12,18H2,1H3. The number of pyridine rings is 2. The predicted octanol–water partition coefficient (Wildman–Crippen LogP) is 3.24. The Labute approximate surface area is 124 Å². The lowest BCUT2D eigenvalue weighted by Crippen LogP contribution is -2.23. The molecule has 0 fully saturated rings. The molecule has 2 heterocycles. The van der Waals surface area contributed by atoms with Crippen LogP contribution in [0.2, 0.25) is 0 Å². The molecule has 0 aliphatic carbocycles. The molecule has 0 bridgehead atoms. The number of nitrogens with zero attached hydrogens (tertiary/aromatic N) is 3. The highest BCUT2D eigenvalue weighted by molar-refractivity contribution is 5.83. The maximum Gasteiger partial charge on any atom is 0.129 e. The summed E-state index contributed by atoms with van der Waals surface area (Å²) in [5.74, 6) is 0.978. The van der Waals surface area contributed by atoms with Crippen molar-refractivity contribution in [1.29, 1.82) is 0 Å². The van der Waals surface area contributed by atoms with Crippen LogP contribution in [0.15, 0.2) is 54.9 Å². The number of rotatable bonds is 4. The van der Waals surface area contributed by atoms with Crippen LogP contribution in [0, 0.1) is 0 Å². The lowest BCUT2D eigenvalue weighted by molar-refractivity contribution is 0.815. The van der Waals surface area contributed by atoms with Gasteiger partial charge < -0.3 is 10.6 Å². The molecule has 0 unspecified atom stereocenters. The second kappa shape index (κ2) is 5.79. The smallest absolute Gasteiger partial charge is 0.129 e. The molecule has 4 heteroatoms. The number of fused-ring (bicyclic) bond motifs is 1. The topological polar surface area (TPSA) is 55.0 Å². The summed E-state index contributed by atoms with van der Waals surface area (Å²) in [6, 6.07) is 14.0. The van der Waals surface area contributed by atoms with Crippen LogP contribution in [0.1, 0.15) is 12.5 Å². The zero-order chi connectivity index (χ0) is 14.7. The third-order valence-corrected chi connectivity index (χ3v) is 3.53. The van der Waals surface area contributed by atoms with E-state index in [2.05, 4.69) is 22.9 Å². The minimum Gasteiger partial charge on any atom is -0.399 e. The lowest BCUT2D eigenvalue weighted by atomic mass is 10.2. The zero-order valence-electron chi connectivity index (χ0n) is 12.0. The third kappa shape index (κ3) is 2.94. The largest absolute Gasteiger partial charge is 0.399 e. The molecule has 0 aliphatic rings. The number of nitrogens with two attached hydrogens (primary N) is 1. The van der Waals surface area contributed by atoms with E-state index in [9.17, 15) is 0 Å². The van der Waals surface area contributed by atoms with Crippen LogP contribution in [0.5, 0.6) is 0 Å². The van der Waals surface area contributed by atoms with E-state index >= 15 is 0 Å². The average Bonchev–Trinajstić information content (AvgIpc) is 2.53. The Balaban J connectivity index is 1.91. The maximum absolute atomic E-state index is 5.81. The minimum absolute atomic E-state index is 0.765. The van der Waals surface area contributed by atoms with Crippen molar-refractivity contribution in [1.82, 2.24) is 9.97 Å². The normalized spacial score (nSPS) is 10.7. The van der Waals surface area contributed by atoms with Crippen LogP contribution >= 0.6 is 0 Å². The van der Waals surface area contributed by atoms with E-state index in [0.29, 0.717) is 0 Å². The van der Waals surface area contributed by atoms with E-state index < -0.39 is 0 Å². The predicted molar refractivity (Wildman–Crippen MR) is 87.1 cm³/mol. The summed E-state index contributed by atoms with van der Waals surface area (Å²) < 4.78 is 0. The number of nitrogen functional groups attached to an aromatic ring is 1. The van der Waals surface area contributed by atoms with Gasteiger partial charge in [0.05, 0.1) is 5.52 Å². The minimum atomic E-state index is 0.765. The Morgan fingerprint density at radius 3 is 2.62 bits per heavy atom. The molecule has 2 N–H and O–H groups in total. The van der Waals surface area contributed by atoms with Gasteiger partial charge >= 0.3 is 0 Å². The molecular weight excluding hydrogens is 260 g/mol. The van der Waals surface area contributed by atoms with Gasteiger partial charge in [-0.25, -0.2) is 4.98 Å². The molecule has 0 spiro atoms.